The van der Waals surface area contributed by atoms with Crippen molar-refractivity contribution in [3.05, 3.63) is 35.1 Å². The number of benzene rings is 1. The lowest BCUT2D eigenvalue weighted by Gasteiger charge is -2.11. The number of alkyl halides is 3. The maximum atomic E-state index is 12.8. The van der Waals surface area contributed by atoms with E-state index in [0.29, 0.717) is 6.07 Å². The monoisotopic (exact) mass is 238 g/mol. The minimum atomic E-state index is -4.93. The molecular weight excluding hydrogens is 232 g/mol. The fourth-order valence-electron chi connectivity index (χ4n) is 1.07. The lowest BCUT2D eigenvalue weighted by Crippen LogP contribution is -2.14. The van der Waals surface area contributed by atoms with Crippen LogP contribution in [0.1, 0.15) is 17.2 Å². The Kier molecular flexibility index (Phi) is 3.18. The molecule has 0 saturated carbocycles. The zero-order valence-corrected chi connectivity index (χ0v) is 7.62. The van der Waals surface area contributed by atoms with Gasteiger partial charge in [-0.15, -0.1) is 0 Å². The Labute approximate surface area is 86.9 Å². The van der Waals surface area contributed by atoms with E-state index >= 15 is 0 Å². The van der Waals surface area contributed by atoms with Gasteiger partial charge in [0.2, 0.25) is 0 Å². The highest BCUT2D eigenvalue weighted by Gasteiger charge is 2.35. The molecule has 0 aromatic heterocycles. The van der Waals surface area contributed by atoms with Crippen molar-refractivity contribution in [1.29, 1.82) is 0 Å². The van der Waals surface area contributed by atoms with Crippen molar-refractivity contribution in [2.75, 3.05) is 0 Å². The molecule has 1 aromatic carbocycles. The lowest BCUT2D eigenvalue weighted by molar-refractivity contribution is -0.147. The average Bonchev–Trinajstić information content (AvgIpc) is 2.15. The Morgan fingerprint density at radius 2 is 1.88 bits per heavy atom. The van der Waals surface area contributed by atoms with E-state index in [1.165, 1.54) is 0 Å². The average molecular weight is 238 g/mol. The molecular formula is C9H6F4O3. The number of halogens is 4. The van der Waals surface area contributed by atoms with Crippen LogP contribution in [0.25, 0.3) is 0 Å². The highest BCUT2D eigenvalue weighted by molar-refractivity contribution is 5.74. The van der Waals surface area contributed by atoms with Crippen molar-refractivity contribution in [3.63, 3.8) is 0 Å². The van der Waals surface area contributed by atoms with Gasteiger partial charge in [-0.25, -0.2) is 9.18 Å². The normalized spacial score (nSPS) is 13.6. The molecule has 3 nitrogen and oxygen atoms in total. The molecule has 0 radical (unpaired) electrons. The molecule has 16 heavy (non-hydrogen) atoms. The summed E-state index contributed by atoms with van der Waals surface area (Å²) in [4.78, 5) is 10.3. The van der Waals surface area contributed by atoms with Gasteiger partial charge in [0.05, 0.1) is 5.56 Å². The first-order chi connectivity index (χ1) is 7.23. The maximum Gasteiger partial charge on any atom is 0.419 e. The van der Waals surface area contributed by atoms with E-state index < -0.39 is 35.2 Å². The van der Waals surface area contributed by atoms with Crippen LogP contribution in [-0.4, -0.2) is 16.2 Å². The van der Waals surface area contributed by atoms with Crippen molar-refractivity contribution >= 4 is 5.97 Å². The molecule has 0 aliphatic heterocycles. The van der Waals surface area contributed by atoms with Crippen molar-refractivity contribution in [3.8, 4) is 0 Å². The molecule has 0 saturated heterocycles. The number of carboxylic acids is 1. The van der Waals surface area contributed by atoms with Gasteiger partial charge in [0.25, 0.3) is 0 Å². The molecule has 1 atom stereocenters. The molecule has 0 heterocycles. The molecule has 0 bridgehead atoms. The number of carbonyl (C=O) groups is 1. The van der Waals surface area contributed by atoms with Gasteiger partial charge in [-0.05, 0) is 17.7 Å². The Morgan fingerprint density at radius 1 is 1.31 bits per heavy atom. The SMILES string of the molecule is O=C(O)[C@@H](O)c1ccc(F)c(C(F)(F)F)c1. The van der Waals surface area contributed by atoms with Gasteiger partial charge in [-0.2, -0.15) is 13.2 Å². The number of aliphatic hydroxyl groups excluding tert-OH is 1. The van der Waals surface area contributed by atoms with Gasteiger partial charge in [0, 0.05) is 0 Å². The Balaban J connectivity index is 3.23. The van der Waals surface area contributed by atoms with E-state index in [1.807, 2.05) is 0 Å². The number of aliphatic carboxylic acids is 1. The Bertz CT molecular complexity index is 414. The van der Waals surface area contributed by atoms with Crippen LogP contribution < -0.4 is 0 Å². The summed E-state index contributed by atoms with van der Waals surface area (Å²) in [5.74, 6) is -3.23. The van der Waals surface area contributed by atoms with Gasteiger partial charge < -0.3 is 10.2 Å². The summed E-state index contributed by atoms with van der Waals surface area (Å²) in [6.07, 6.45) is -7.04. The van der Waals surface area contributed by atoms with Crippen molar-refractivity contribution in [2.45, 2.75) is 12.3 Å². The van der Waals surface area contributed by atoms with Gasteiger partial charge >= 0.3 is 12.1 Å². The first-order valence-electron chi connectivity index (χ1n) is 4.01. The number of rotatable bonds is 2. The molecule has 0 aliphatic carbocycles. The number of carboxylic acid groups (broad SMARTS) is 1. The molecule has 1 aromatic rings. The van der Waals surface area contributed by atoms with Crippen LogP contribution in [0.3, 0.4) is 0 Å². The van der Waals surface area contributed by atoms with Gasteiger partial charge in [-0.1, -0.05) is 6.07 Å². The topological polar surface area (TPSA) is 57.5 Å². The molecule has 2 N–H and O–H groups in total. The number of hydrogen-bond acceptors (Lipinski definition) is 2. The number of aliphatic hydroxyl groups is 1. The zero-order valence-electron chi connectivity index (χ0n) is 7.62. The van der Waals surface area contributed by atoms with Crippen LogP contribution in [0.2, 0.25) is 0 Å². The largest absolute Gasteiger partial charge is 0.479 e. The second-order valence-electron chi connectivity index (χ2n) is 2.98. The first-order valence-corrected chi connectivity index (χ1v) is 4.01. The number of hydrogen-bond donors (Lipinski definition) is 2. The summed E-state index contributed by atoms with van der Waals surface area (Å²) in [5, 5.41) is 17.4. The smallest absolute Gasteiger partial charge is 0.419 e. The van der Waals surface area contributed by atoms with Crippen LogP contribution in [0.5, 0.6) is 0 Å². The van der Waals surface area contributed by atoms with Crippen LogP contribution in [-0.2, 0) is 11.0 Å². The summed E-state index contributed by atoms with van der Waals surface area (Å²) in [6.45, 7) is 0. The van der Waals surface area contributed by atoms with Crippen LogP contribution >= 0.6 is 0 Å². The molecule has 0 unspecified atom stereocenters. The quantitative estimate of drug-likeness (QED) is 0.774. The first kappa shape index (κ1) is 12.4. The summed E-state index contributed by atoms with van der Waals surface area (Å²) in [5.41, 5.74) is -2.13. The molecule has 0 fully saturated rings. The second-order valence-corrected chi connectivity index (χ2v) is 2.98. The third-order valence-electron chi connectivity index (χ3n) is 1.85. The summed E-state index contributed by atoms with van der Waals surface area (Å²) in [6, 6.07) is 1.52. The third-order valence-corrected chi connectivity index (χ3v) is 1.85. The van der Waals surface area contributed by atoms with E-state index in [-0.39, 0.29) is 6.07 Å². The second kappa shape index (κ2) is 4.09. The fraction of sp³-hybridized carbons (Fsp3) is 0.222. The highest BCUT2D eigenvalue weighted by Crippen LogP contribution is 2.32. The molecule has 0 spiro atoms. The minimum Gasteiger partial charge on any atom is -0.479 e. The van der Waals surface area contributed by atoms with Crippen LogP contribution in [0, 0.1) is 5.82 Å². The van der Waals surface area contributed by atoms with E-state index in [1.54, 1.807) is 0 Å². The summed E-state index contributed by atoms with van der Waals surface area (Å²) in [7, 11) is 0. The molecule has 88 valence electrons. The van der Waals surface area contributed by atoms with Gasteiger partial charge in [-0.3, -0.25) is 0 Å². The molecule has 7 heteroatoms. The molecule has 1 rings (SSSR count). The van der Waals surface area contributed by atoms with Gasteiger partial charge in [0.15, 0.2) is 6.10 Å². The fourth-order valence-corrected chi connectivity index (χ4v) is 1.07. The van der Waals surface area contributed by atoms with Crippen LogP contribution in [0.15, 0.2) is 18.2 Å². The lowest BCUT2D eigenvalue weighted by atomic mass is 10.1. The standard InChI is InChI=1S/C9H6F4O3/c10-6-2-1-4(7(14)8(15)16)3-5(6)9(11,12)13/h1-3,7,14H,(H,15,16)/t7-/m0/s1. The van der Waals surface area contributed by atoms with Crippen molar-refractivity contribution in [2.24, 2.45) is 0 Å². The summed E-state index contributed by atoms with van der Waals surface area (Å²) < 4.78 is 49.5. The predicted octanol–water partition coefficient (Wildman–Crippen LogP) is 1.96. The minimum absolute atomic E-state index is 0.272. The Hall–Kier alpha value is -1.63. The molecule has 0 amide bonds. The molecule has 0 aliphatic rings. The highest BCUT2D eigenvalue weighted by atomic mass is 19.4. The van der Waals surface area contributed by atoms with Gasteiger partial charge in [0.1, 0.15) is 5.82 Å². The van der Waals surface area contributed by atoms with E-state index in [0.717, 1.165) is 6.07 Å². The van der Waals surface area contributed by atoms with Crippen LogP contribution in [0.4, 0.5) is 17.6 Å². The predicted molar refractivity (Wildman–Crippen MR) is 44.0 cm³/mol. The van der Waals surface area contributed by atoms with E-state index in [2.05, 4.69) is 0 Å². The van der Waals surface area contributed by atoms with E-state index in [9.17, 15) is 22.4 Å². The maximum absolute atomic E-state index is 12.8. The van der Waals surface area contributed by atoms with E-state index in [4.69, 9.17) is 10.2 Å². The third kappa shape index (κ3) is 2.48. The van der Waals surface area contributed by atoms with Crippen molar-refractivity contribution < 1.29 is 32.6 Å². The summed E-state index contributed by atoms with van der Waals surface area (Å²) >= 11 is 0. The Morgan fingerprint density at radius 3 is 2.31 bits per heavy atom. The van der Waals surface area contributed by atoms with Crippen molar-refractivity contribution in [1.82, 2.24) is 0 Å². The zero-order chi connectivity index (χ0) is 12.5.